The molecule has 1 aliphatic heterocycles. The van der Waals surface area contributed by atoms with Gasteiger partial charge in [-0.05, 0) is 55.3 Å². The Morgan fingerprint density at radius 2 is 1.65 bits per heavy atom. The van der Waals surface area contributed by atoms with Crippen molar-refractivity contribution < 1.29 is 17.6 Å². The summed E-state index contributed by atoms with van der Waals surface area (Å²) in [5.74, 6) is -0.738. The number of nitrogens with zero attached hydrogens (tertiary/aromatic N) is 2. The summed E-state index contributed by atoms with van der Waals surface area (Å²) in [6, 6.07) is 10.2. The van der Waals surface area contributed by atoms with Crippen LogP contribution in [0.4, 0.5) is 10.1 Å². The van der Waals surface area contributed by atoms with Gasteiger partial charge in [-0.2, -0.15) is 0 Å². The molecule has 2 aromatic rings. The summed E-state index contributed by atoms with van der Waals surface area (Å²) in [5, 5.41) is -0.267. The molecule has 31 heavy (non-hydrogen) atoms. The summed E-state index contributed by atoms with van der Waals surface area (Å²) in [5.41, 5.74) is 0.824. The van der Waals surface area contributed by atoms with Crippen LogP contribution < -0.4 is 4.72 Å². The number of halogens is 2. The highest BCUT2D eigenvalue weighted by molar-refractivity contribution is 7.92. The summed E-state index contributed by atoms with van der Waals surface area (Å²) >= 11 is 5.69. The van der Waals surface area contributed by atoms with Gasteiger partial charge in [0, 0.05) is 43.5 Å². The van der Waals surface area contributed by atoms with Crippen LogP contribution in [0.15, 0.2) is 47.4 Å². The molecule has 9 heteroatoms. The number of piperazine rings is 1. The number of anilines is 1. The SMILES string of the molecule is O=C(c1ccc(NS(=O)(=O)c2ccc(F)c(Cl)c2)cc1)N1CCN(C2CCCC2)CC1. The highest BCUT2D eigenvalue weighted by Crippen LogP contribution is 2.25. The van der Waals surface area contributed by atoms with Gasteiger partial charge in [0.15, 0.2) is 0 Å². The molecule has 0 aromatic heterocycles. The van der Waals surface area contributed by atoms with Crippen LogP contribution in [0.5, 0.6) is 0 Å². The minimum absolute atomic E-state index is 0.0502. The predicted molar refractivity (Wildman–Crippen MR) is 118 cm³/mol. The molecule has 6 nitrogen and oxygen atoms in total. The smallest absolute Gasteiger partial charge is 0.261 e. The third kappa shape index (κ3) is 5.02. The Morgan fingerprint density at radius 3 is 2.26 bits per heavy atom. The molecule has 0 radical (unpaired) electrons. The van der Waals surface area contributed by atoms with Gasteiger partial charge in [0.25, 0.3) is 15.9 Å². The van der Waals surface area contributed by atoms with Gasteiger partial charge in [0.2, 0.25) is 0 Å². The van der Waals surface area contributed by atoms with Crippen molar-refractivity contribution in [1.29, 1.82) is 0 Å². The van der Waals surface area contributed by atoms with Crippen molar-refractivity contribution in [2.24, 2.45) is 0 Å². The van der Waals surface area contributed by atoms with Gasteiger partial charge < -0.3 is 4.90 Å². The zero-order valence-corrected chi connectivity index (χ0v) is 18.6. The minimum Gasteiger partial charge on any atom is -0.336 e. The largest absolute Gasteiger partial charge is 0.336 e. The van der Waals surface area contributed by atoms with Gasteiger partial charge >= 0.3 is 0 Å². The monoisotopic (exact) mass is 465 g/mol. The van der Waals surface area contributed by atoms with Crippen LogP contribution in [0.25, 0.3) is 0 Å². The molecular formula is C22H25ClFN3O3S. The van der Waals surface area contributed by atoms with Crippen LogP contribution in [0.2, 0.25) is 5.02 Å². The van der Waals surface area contributed by atoms with Gasteiger partial charge in [0.05, 0.1) is 9.92 Å². The molecule has 1 saturated heterocycles. The molecule has 2 aliphatic rings. The number of hydrogen-bond donors (Lipinski definition) is 1. The zero-order chi connectivity index (χ0) is 22.0. The van der Waals surface area contributed by atoms with Crippen molar-refractivity contribution >= 4 is 33.2 Å². The van der Waals surface area contributed by atoms with Crippen molar-refractivity contribution in [2.75, 3.05) is 30.9 Å². The molecule has 1 amide bonds. The average Bonchev–Trinajstić information content (AvgIpc) is 3.30. The standard InChI is InChI=1S/C22H25ClFN3O3S/c23-20-15-19(9-10-21(20)24)31(29,30)25-17-7-5-16(6-8-17)22(28)27-13-11-26(12-14-27)18-3-1-2-4-18/h5-10,15,18,25H,1-4,11-14H2. The van der Waals surface area contributed by atoms with E-state index in [-0.39, 0.29) is 15.8 Å². The van der Waals surface area contributed by atoms with E-state index in [0.29, 0.717) is 30.4 Å². The van der Waals surface area contributed by atoms with Crippen molar-refractivity contribution in [3.05, 3.63) is 58.9 Å². The van der Waals surface area contributed by atoms with Crippen LogP contribution in [0.1, 0.15) is 36.0 Å². The Bertz CT molecular complexity index is 1050. The lowest BCUT2D eigenvalue weighted by molar-refractivity contribution is 0.0573. The number of benzene rings is 2. The van der Waals surface area contributed by atoms with E-state index in [1.54, 1.807) is 24.3 Å². The summed E-state index contributed by atoms with van der Waals surface area (Å²) in [6.45, 7) is 3.20. The average molecular weight is 466 g/mol. The number of carbonyl (C=O) groups is 1. The number of carbonyl (C=O) groups excluding carboxylic acids is 1. The Hall–Kier alpha value is -2.16. The van der Waals surface area contributed by atoms with E-state index in [4.69, 9.17) is 11.6 Å². The molecule has 1 heterocycles. The van der Waals surface area contributed by atoms with E-state index in [0.717, 1.165) is 31.3 Å². The molecule has 0 atom stereocenters. The number of nitrogens with one attached hydrogen (secondary N) is 1. The molecule has 1 saturated carbocycles. The third-order valence-electron chi connectivity index (χ3n) is 6.03. The first-order chi connectivity index (χ1) is 14.8. The lowest BCUT2D eigenvalue weighted by atomic mass is 10.1. The molecule has 1 N–H and O–H groups in total. The van der Waals surface area contributed by atoms with Crippen LogP contribution in [0, 0.1) is 5.82 Å². The molecule has 1 aliphatic carbocycles. The van der Waals surface area contributed by atoms with E-state index >= 15 is 0 Å². The molecule has 2 aromatic carbocycles. The van der Waals surface area contributed by atoms with Crippen molar-refractivity contribution in [3.63, 3.8) is 0 Å². The molecular weight excluding hydrogens is 441 g/mol. The number of sulfonamides is 1. The van der Waals surface area contributed by atoms with E-state index in [2.05, 4.69) is 9.62 Å². The second-order valence-corrected chi connectivity index (χ2v) is 10.1. The Morgan fingerprint density at radius 1 is 1.00 bits per heavy atom. The van der Waals surface area contributed by atoms with E-state index < -0.39 is 15.8 Å². The maximum atomic E-state index is 13.3. The first-order valence-corrected chi connectivity index (χ1v) is 12.3. The molecule has 166 valence electrons. The fraction of sp³-hybridized carbons (Fsp3) is 0.409. The Labute approximate surface area is 187 Å². The second kappa shape index (κ2) is 9.14. The van der Waals surface area contributed by atoms with Crippen molar-refractivity contribution in [2.45, 2.75) is 36.6 Å². The van der Waals surface area contributed by atoms with Gasteiger partial charge in [-0.15, -0.1) is 0 Å². The first-order valence-electron chi connectivity index (χ1n) is 10.4. The van der Waals surface area contributed by atoms with Gasteiger partial charge in [-0.25, -0.2) is 12.8 Å². The maximum Gasteiger partial charge on any atom is 0.261 e. The van der Waals surface area contributed by atoms with Crippen LogP contribution in [-0.4, -0.2) is 56.3 Å². The first kappa shape index (κ1) is 22.0. The van der Waals surface area contributed by atoms with Crippen molar-refractivity contribution in [1.82, 2.24) is 9.80 Å². The normalized spacial score (nSPS) is 18.3. The number of amides is 1. The predicted octanol–water partition coefficient (Wildman–Crippen LogP) is 3.98. The summed E-state index contributed by atoms with van der Waals surface area (Å²) in [4.78, 5) is 17.0. The zero-order valence-electron chi connectivity index (χ0n) is 17.1. The van der Waals surface area contributed by atoms with E-state index in [1.165, 1.54) is 25.7 Å². The lowest BCUT2D eigenvalue weighted by Crippen LogP contribution is -2.51. The second-order valence-electron chi connectivity index (χ2n) is 8.03. The molecule has 0 unspecified atom stereocenters. The Kier molecular flexibility index (Phi) is 6.50. The van der Waals surface area contributed by atoms with Crippen LogP contribution in [0.3, 0.4) is 0 Å². The van der Waals surface area contributed by atoms with Crippen molar-refractivity contribution in [3.8, 4) is 0 Å². The fourth-order valence-corrected chi connectivity index (χ4v) is 5.61. The molecule has 4 rings (SSSR count). The summed E-state index contributed by atoms with van der Waals surface area (Å²) in [6.07, 6.45) is 5.12. The topological polar surface area (TPSA) is 69.7 Å². The minimum atomic E-state index is -3.92. The quantitative estimate of drug-likeness (QED) is 0.725. The summed E-state index contributed by atoms with van der Waals surface area (Å²) in [7, 11) is -3.92. The number of rotatable bonds is 5. The summed E-state index contributed by atoms with van der Waals surface area (Å²) < 4.78 is 40.7. The molecule has 0 spiro atoms. The highest BCUT2D eigenvalue weighted by Gasteiger charge is 2.28. The Balaban J connectivity index is 1.37. The lowest BCUT2D eigenvalue weighted by Gasteiger charge is -2.38. The van der Waals surface area contributed by atoms with E-state index in [1.807, 2.05) is 4.90 Å². The third-order valence-corrected chi connectivity index (χ3v) is 7.70. The maximum absolute atomic E-state index is 13.3. The van der Waals surface area contributed by atoms with Gasteiger partial charge in [-0.3, -0.25) is 14.4 Å². The van der Waals surface area contributed by atoms with E-state index in [9.17, 15) is 17.6 Å². The number of hydrogen-bond acceptors (Lipinski definition) is 4. The van der Waals surface area contributed by atoms with Crippen LogP contribution >= 0.6 is 11.6 Å². The highest BCUT2D eigenvalue weighted by atomic mass is 35.5. The van der Waals surface area contributed by atoms with Gasteiger partial charge in [0.1, 0.15) is 5.82 Å². The molecule has 2 fully saturated rings. The fourth-order valence-electron chi connectivity index (χ4n) is 4.28. The molecule has 0 bridgehead atoms. The van der Waals surface area contributed by atoms with Crippen LogP contribution in [-0.2, 0) is 10.0 Å². The van der Waals surface area contributed by atoms with Gasteiger partial charge in [-0.1, -0.05) is 24.4 Å².